The van der Waals surface area contributed by atoms with E-state index in [-0.39, 0.29) is 35.5 Å². The molecule has 0 unspecified atom stereocenters. The van der Waals surface area contributed by atoms with E-state index in [4.69, 9.17) is 0 Å². The molecule has 0 atom stereocenters. The van der Waals surface area contributed by atoms with E-state index in [2.05, 4.69) is 16.5 Å². The van der Waals surface area contributed by atoms with Crippen molar-refractivity contribution >= 4 is 46.4 Å². The molecule has 0 aliphatic carbocycles. The zero-order valence-corrected chi connectivity index (χ0v) is 8.62. The number of primary amides is 1. The first-order chi connectivity index (χ1) is 5.90. The number of carbonyl (C=O) groups excluding carboxylic acids is 1. The molecule has 5 nitrogen and oxygen atoms in total. The van der Waals surface area contributed by atoms with Crippen LogP contribution in [0.15, 0.2) is 12.7 Å². The predicted molar refractivity (Wildman–Crippen MR) is 57.6 cm³/mol. The maximum atomic E-state index is 9.72. The van der Waals surface area contributed by atoms with Crippen molar-refractivity contribution in [2.45, 2.75) is 13.8 Å². The molecule has 7 heteroatoms. The van der Waals surface area contributed by atoms with E-state index in [0.717, 1.165) is 6.08 Å². The molecule has 0 aromatic heterocycles. The number of thiol groups is 1. The predicted octanol–water partition coefficient (Wildman–Crippen LogP) is -0.805. The summed E-state index contributed by atoms with van der Waals surface area (Å²) in [5.74, 6) is -0.201. The Morgan fingerprint density at radius 3 is 2.00 bits per heavy atom. The molecule has 0 heterocycles. The Hall–Kier alpha value is 0.120. The van der Waals surface area contributed by atoms with Crippen LogP contribution in [0.1, 0.15) is 13.8 Å². The Balaban J connectivity index is -0.000000177. The molecule has 0 bridgehead atoms. The van der Waals surface area contributed by atoms with Crippen molar-refractivity contribution in [1.82, 2.24) is 0 Å². The minimum absolute atomic E-state index is 0. The Bertz CT molecular complexity index is 220. The Labute approximate surface area is 108 Å². The third-order valence-electron chi connectivity index (χ3n) is 0.714. The summed E-state index contributed by atoms with van der Waals surface area (Å²) in [4.78, 5) is 9.47. The molecule has 2 N–H and O–H groups in total. The van der Waals surface area contributed by atoms with Gasteiger partial charge in [-0.2, -0.15) is 0 Å². The Kier molecular flexibility index (Phi) is 18.4. The van der Waals surface area contributed by atoms with Crippen molar-refractivity contribution in [3.8, 4) is 0 Å². The first kappa shape index (κ1) is 19.7. The average Bonchev–Trinajstić information content (AvgIpc) is 2.02. The second-order valence-electron chi connectivity index (χ2n) is 2.52. The molecule has 0 aliphatic rings. The molecule has 0 aromatic rings. The Morgan fingerprint density at radius 2 is 1.93 bits per heavy atom. The van der Waals surface area contributed by atoms with Crippen LogP contribution in [-0.2, 0) is 20.0 Å². The maximum absolute atomic E-state index is 9.72. The van der Waals surface area contributed by atoms with Crippen molar-refractivity contribution in [1.29, 1.82) is 0 Å². The molecule has 1 amide bonds. The molecule has 0 radical (unpaired) electrons. The molecule has 0 saturated carbocycles. The summed E-state index contributed by atoms with van der Waals surface area (Å²) in [5.41, 5.74) is 4.53. The van der Waals surface area contributed by atoms with Gasteiger partial charge in [0.05, 0.1) is 6.61 Å². The van der Waals surface area contributed by atoms with Crippen LogP contribution in [0.5, 0.6) is 0 Å². The van der Waals surface area contributed by atoms with E-state index >= 15 is 0 Å². The van der Waals surface area contributed by atoms with Gasteiger partial charge in [-0.25, -0.2) is 8.42 Å². The fourth-order valence-corrected chi connectivity index (χ4v) is 0.630. The topological polar surface area (TPSA) is 86.5 Å². The molecule has 14 heavy (non-hydrogen) atoms. The van der Waals surface area contributed by atoms with Crippen LogP contribution in [0.25, 0.3) is 0 Å². The van der Waals surface area contributed by atoms with E-state index in [1.165, 1.54) is 0 Å². The van der Waals surface area contributed by atoms with Crippen LogP contribution >= 0.6 is 0 Å². The van der Waals surface area contributed by atoms with Gasteiger partial charge < -0.3 is 5.73 Å². The van der Waals surface area contributed by atoms with E-state index in [1.807, 2.05) is 13.8 Å². The van der Waals surface area contributed by atoms with E-state index < -0.39 is 16.9 Å². The Morgan fingerprint density at radius 1 is 1.57 bits per heavy atom. The van der Waals surface area contributed by atoms with Crippen LogP contribution < -0.4 is 5.73 Å². The van der Waals surface area contributed by atoms with E-state index in [9.17, 15) is 13.2 Å². The monoisotopic (exact) mass is 233 g/mol. The van der Waals surface area contributed by atoms with Crippen molar-refractivity contribution in [3.05, 3.63) is 12.7 Å². The summed E-state index contributed by atoms with van der Waals surface area (Å²) >= 11 is 0. The zero-order valence-electron chi connectivity index (χ0n) is 7.73. The molecule has 80 valence electrons. The summed E-state index contributed by atoms with van der Waals surface area (Å²) < 4.78 is 23.7. The van der Waals surface area contributed by atoms with Gasteiger partial charge in [0.25, 0.3) is 11.0 Å². The molecule has 0 saturated heterocycles. The molecular weight excluding hydrogens is 217 g/mol. The van der Waals surface area contributed by atoms with E-state index in [0.29, 0.717) is 6.61 Å². The fourth-order valence-electron chi connectivity index (χ4n) is 0.210. The fraction of sp³-hybridized carbons (Fsp3) is 0.571. The van der Waals surface area contributed by atoms with Crippen molar-refractivity contribution in [3.63, 3.8) is 0 Å². The summed E-state index contributed by atoms with van der Waals surface area (Å²) in [5, 5.41) is 0. The van der Waals surface area contributed by atoms with Crippen molar-refractivity contribution < 1.29 is 17.4 Å². The van der Waals surface area contributed by atoms with Gasteiger partial charge in [-0.15, -0.1) is 0 Å². The van der Waals surface area contributed by atoms with Crippen LogP contribution in [-0.4, -0.2) is 50.5 Å². The summed E-state index contributed by atoms with van der Waals surface area (Å²) in [7, 11) is -2.63. The third kappa shape index (κ3) is 29.6. The number of nitrogens with two attached hydrogens (primary N) is 1. The van der Waals surface area contributed by atoms with Gasteiger partial charge in [0.15, 0.2) is 0 Å². The number of rotatable bonds is 4. The SMILES string of the molecule is C=CC(N)=O.CC(C)CO[SH](=O)=O.[NaH]. The zero-order chi connectivity index (χ0) is 10.9. The van der Waals surface area contributed by atoms with Gasteiger partial charge in [0.1, 0.15) is 0 Å². The van der Waals surface area contributed by atoms with Crippen LogP contribution in [0.3, 0.4) is 0 Å². The minimum atomic E-state index is -2.63. The summed E-state index contributed by atoms with van der Waals surface area (Å²) in [6, 6.07) is 0. The van der Waals surface area contributed by atoms with Crippen LogP contribution in [0, 0.1) is 5.92 Å². The van der Waals surface area contributed by atoms with Crippen molar-refractivity contribution in [2.24, 2.45) is 11.7 Å². The van der Waals surface area contributed by atoms with Gasteiger partial charge in [-0.3, -0.25) is 8.98 Å². The molecule has 0 aliphatic heterocycles. The number of hydrogen-bond acceptors (Lipinski definition) is 4. The molecule has 0 spiro atoms. The normalized spacial score (nSPS) is 8.57. The van der Waals surface area contributed by atoms with Gasteiger partial charge in [-0.05, 0) is 12.0 Å². The van der Waals surface area contributed by atoms with Gasteiger partial charge >= 0.3 is 29.6 Å². The first-order valence-corrected chi connectivity index (χ1v) is 4.68. The standard InChI is InChI=1S/C4H10O3S.C3H5NO.Na.H/c1-4(2)3-7-8(5)6;1-2-3(4)5;;/h4,8H,3H2,1-2H3;2H,1H2,(H2,4,5);;. The number of amides is 1. The van der Waals surface area contributed by atoms with E-state index in [1.54, 1.807) is 0 Å². The molecule has 0 rings (SSSR count). The van der Waals surface area contributed by atoms with Gasteiger partial charge in [-0.1, -0.05) is 20.4 Å². The molecule has 0 fully saturated rings. The van der Waals surface area contributed by atoms with Gasteiger partial charge in [0, 0.05) is 0 Å². The second-order valence-corrected chi connectivity index (χ2v) is 3.23. The first-order valence-electron chi connectivity index (χ1n) is 3.59. The third-order valence-corrected chi connectivity index (χ3v) is 1.07. The quantitative estimate of drug-likeness (QED) is 0.378. The molecular formula is C7H16NNaO4S. The number of hydrogen-bond donors (Lipinski definition) is 2. The van der Waals surface area contributed by atoms with Gasteiger partial charge in [0.2, 0.25) is 5.91 Å². The summed E-state index contributed by atoms with van der Waals surface area (Å²) in [6.07, 6.45) is 1.06. The van der Waals surface area contributed by atoms with Crippen molar-refractivity contribution in [2.75, 3.05) is 6.61 Å². The molecule has 0 aromatic carbocycles. The summed E-state index contributed by atoms with van der Waals surface area (Å²) in [6.45, 7) is 7.15. The number of carbonyl (C=O) groups is 1. The average molecular weight is 233 g/mol. The van der Waals surface area contributed by atoms with Crippen LogP contribution in [0.4, 0.5) is 0 Å². The van der Waals surface area contributed by atoms with Crippen LogP contribution in [0.2, 0.25) is 0 Å². The second kappa shape index (κ2) is 13.1.